The maximum absolute atomic E-state index is 7.19. The Bertz CT molecular complexity index is 2660. The van der Waals surface area contributed by atoms with Crippen LogP contribution in [-0.4, -0.2) is 14.5 Å². The number of H-pyrrole nitrogens is 1. The Balaban J connectivity index is 1.07. The summed E-state index contributed by atoms with van der Waals surface area (Å²) in [5.74, 6) is 0. The molecule has 0 spiro atoms. The molecule has 5 heteroatoms. The molecule has 0 radical (unpaired) electrons. The van der Waals surface area contributed by atoms with Gasteiger partial charge in [-0.15, -0.1) is 0 Å². The number of nitrogens with two attached hydrogens (primary N) is 1. The van der Waals surface area contributed by atoms with Crippen LogP contribution >= 0.6 is 0 Å². The summed E-state index contributed by atoms with van der Waals surface area (Å²) in [6, 6.07) is 60.6. The zero-order valence-corrected chi connectivity index (χ0v) is 27.4. The third-order valence-electron chi connectivity index (χ3n) is 10.5. The minimum absolute atomic E-state index is 0.0165. The Morgan fingerprint density at radius 2 is 1.14 bits per heavy atom. The lowest BCUT2D eigenvalue weighted by Gasteiger charge is -2.53. The van der Waals surface area contributed by atoms with E-state index in [0.29, 0.717) is 0 Å². The van der Waals surface area contributed by atoms with Crippen molar-refractivity contribution in [3.8, 4) is 16.8 Å². The molecular formula is C45H35N5. The molecule has 5 nitrogen and oxygen atoms in total. The Labute approximate surface area is 290 Å². The summed E-state index contributed by atoms with van der Waals surface area (Å²) in [6.45, 7) is 0. The highest BCUT2D eigenvalue weighted by molar-refractivity contribution is 6.18. The van der Waals surface area contributed by atoms with E-state index in [1.807, 2.05) is 6.07 Å². The molecule has 2 unspecified atom stereocenters. The SMILES string of the molecule is NC(c1ccc(-c2ccccc2)cc1)N1C(c2cccc(-n3c4ccccc4c4cc5c(cc43)[nH]c3ccccc35)c2)N[C@@H]1c1ccccc1. The van der Waals surface area contributed by atoms with Crippen LogP contribution in [0.3, 0.4) is 0 Å². The highest BCUT2D eigenvalue weighted by Crippen LogP contribution is 2.44. The van der Waals surface area contributed by atoms with Crippen molar-refractivity contribution >= 4 is 43.6 Å². The quantitative estimate of drug-likeness (QED) is 0.169. The monoisotopic (exact) mass is 645 g/mol. The van der Waals surface area contributed by atoms with Gasteiger partial charge in [-0.1, -0.05) is 133 Å². The molecule has 10 rings (SSSR count). The van der Waals surface area contributed by atoms with Gasteiger partial charge in [0.1, 0.15) is 0 Å². The van der Waals surface area contributed by atoms with Crippen LogP contribution in [0.15, 0.2) is 170 Å². The number of rotatable bonds is 6. The summed E-state index contributed by atoms with van der Waals surface area (Å²) >= 11 is 0. The van der Waals surface area contributed by atoms with E-state index >= 15 is 0 Å². The number of hydrogen-bond acceptors (Lipinski definition) is 3. The Morgan fingerprint density at radius 3 is 1.96 bits per heavy atom. The second-order valence-corrected chi connectivity index (χ2v) is 13.3. The van der Waals surface area contributed by atoms with Crippen LogP contribution in [0.2, 0.25) is 0 Å². The molecule has 240 valence electrons. The van der Waals surface area contributed by atoms with Crippen LogP contribution in [-0.2, 0) is 0 Å². The molecule has 9 aromatic rings. The third kappa shape index (κ3) is 4.60. The number of aromatic nitrogens is 2. The van der Waals surface area contributed by atoms with Crippen molar-refractivity contribution in [2.24, 2.45) is 5.73 Å². The normalized spacial score (nSPS) is 17.1. The number of nitrogens with one attached hydrogen (secondary N) is 2. The van der Waals surface area contributed by atoms with Crippen molar-refractivity contribution in [3.05, 3.63) is 187 Å². The molecule has 50 heavy (non-hydrogen) atoms. The predicted molar refractivity (Wildman–Crippen MR) is 206 cm³/mol. The maximum atomic E-state index is 7.19. The molecule has 0 bridgehead atoms. The van der Waals surface area contributed by atoms with Gasteiger partial charge in [0.2, 0.25) is 0 Å². The maximum Gasteiger partial charge on any atom is 0.0907 e. The first-order valence-electron chi connectivity index (χ1n) is 17.2. The number of benzene rings is 7. The van der Waals surface area contributed by atoms with Gasteiger partial charge in [0, 0.05) is 38.3 Å². The van der Waals surface area contributed by atoms with Crippen molar-refractivity contribution in [3.63, 3.8) is 0 Å². The van der Waals surface area contributed by atoms with Crippen LogP contribution in [0.1, 0.15) is 35.2 Å². The standard InChI is InChI=1S/C45H35N5/c46-43(31-24-22-30(23-25-31)29-12-3-1-4-13-29)50-44(32-14-5-2-6-15-32)48-45(50)33-16-11-17-34(26-33)49-41-21-10-8-19-36(41)38-27-37-35-18-7-9-20-39(35)47-40(37)28-42(38)49/h1-28,43-45,47-48H,46H2/t43?,44-,45?/m0/s1. The lowest BCUT2D eigenvalue weighted by atomic mass is 9.97. The summed E-state index contributed by atoms with van der Waals surface area (Å²) in [5.41, 5.74) is 18.8. The smallest absolute Gasteiger partial charge is 0.0907 e. The molecule has 1 fully saturated rings. The van der Waals surface area contributed by atoms with E-state index in [-0.39, 0.29) is 18.5 Å². The van der Waals surface area contributed by atoms with Crippen molar-refractivity contribution in [1.82, 2.24) is 19.8 Å². The summed E-state index contributed by atoms with van der Waals surface area (Å²) < 4.78 is 2.40. The number of fused-ring (bicyclic) bond motifs is 6. The fourth-order valence-electron chi connectivity index (χ4n) is 7.98. The molecule has 1 aliphatic heterocycles. The van der Waals surface area contributed by atoms with Gasteiger partial charge in [-0.2, -0.15) is 0 Å². The van der Waals surface area contributed by atoms with Gasteiger partial charge in [-0.05, 0) is 64.2 Å². The van der Waals surface area contributed by atoms with Gasteiger partial charge >= 0.3 is 0 Å². The molecule has 3 atom stereocenters. The summed E-state index contributed by atoms with van der Waals surface area (Å²) in [4.78, 5) is 6.06. The van der Waals surface area contributed by atoms with E-state index in [1.54, 1.807) is 0 Å². The first kappa shape index (κ1) is 29.0. The molecule has 0 saturated carbocycles. The van der Waals surface area contributed by atoms with Crippen LogP contribution in [0.4, 0.5) is 0 Å². The topological polar surface area (TPSA) is 62.0 Å². The van der Waals surface area contributed by atoms with Crippen molar-refractivity contribution in [2.75, 3.05) is 0 Å². The number of para-hydroxylation sites is 2. The summed E-state index contributed by atoms with van der Waals surface area (Å²) in [6.07, 6.45) is -0.405. The van der Waals surface area contributed by atoms with Gasteiger partial charge in [0.05, 0.1) is 29.5 Å². The highest BCUT2D eigenvalue weighted by Gasteiger charge is 2.43. The van der Waals surface area contributed by atoms with Crippen molar-refractivity contribution in [2.45, 2.75) is 18.5 Å². The lowest BCUT2D eigenvalue weighted by molar-refractivity contribution is -0.0687. The highest BCUT2D eigenvalue weighted by atomic mass is 15.5. The van der Waals surface area contributed by atoms with E-state index in [2.05, 4.69) is 184 Å². The zero-order valence-electron chi connectivity index (χ0n) is 27.4. The zero-order chi connectivity index (χ0) is 33.2. The first-order chi connectivity index (χ1) is 24.7. The second-order valence-electron chi connectivity index (χ2n) is 13.3. The van der Waals surface area contributed by atoms with E-state index in [1.165, 1.54) is 54.8 Å². The van der Waals surface area contributed by atoms with E-state index in [0.717, 1.165) is 22.3 Å². The molecule has 4 N–H and O–H groups in total. The third-order valence-corrected chi connectivity index (χ3v) is 10.5. The van der Waals surface area contributed by atoms with Crippen LogP contribution in [0.5, 0.6) is 0 Å². The average Bonchev–Trinajstić information content (AvgIpc) is 3.69. The van der Waals surface area contributed by atoms with E-state index in [4.69, 9.17) is 5.73 Å². The molecule has 1 aliphatic rings. The molecule has 2 aromatic heterocycles. The molecule has 1 saturated heterocycles. The average molecular weight is 646 g/mol. The van der Waals surface area contributed by atoms with Crippen molar-refractivity contribution < 1.29 is 0 Å². The van der Waals surface area contributed by atoms with Gasteiger partial charge < -0.3 is 15.3 Å². The molecule has 3 heterocycles. The van der Waals surface area contributed by atoms with E-state index < -0.39 is 0 Å². The molecule has 7 aromatic carbocycles. The Kier molecular flexibility index (Phi) is 6.71. The van der Waals surface area contributed by atoms with Gasteiger partial charge in [0.25, 0.3) is 0 Å². The fourth-order valence-corrected chi connectivity index (χ4v) is 7.98. The Morgan fingerprint density at radius 1 is 0.480 bits per heavy atom. The molecular weight excluding hydrogens is 611 g/mol. The minimum Gasteiger partial charge on any atom is -0.354 e. The van der Waals surface area contributed by atoms with Gasteiger partial charge in [-0.25, -0.2) is 4.90 Å². The number of aromatic amines is 1. The number of hydrogen-bond donors (Lipinski definition) is 3. The van der Waals surface area contributed by atoms with Gasteiger partial charge in [-0.3, -0.25) is 5.32 Å². The van der Waals surface area contributed by atoms with Crippen LogP contribution < -0.4 is 11.1 Å². The van der Waals surface area contributed by atoms with E-state index in [9.17, 15) is 0 Å². The van der Waals surface area contributed by atoms with Gasteiger partial charge in [0.15, 0.2) is 0 Å². The van der Waals surface area contributed by atoms with Crippen molar-refractivity contribution in [1.29, 1.82) is 0 Å². The lowest BCUT2D eigenvalue weighted by Crippen LogP contribution is -2.60. The van der Waals surface area contributed by atoms with Crippen LogP contribution in [0.25, 0.3) is 60.4 Å². The summed E-state index contributed by atoms with van der Waals surface area (Å²) in [7, 11) is 0. The fraction of sp³-hybridized carbons (Fsp3) is 0.0667. The predicted octanol–water partition coefficient (Wildman–Crippen LogP) is 10.3. The second kappa shape index (κ2) is 11.6. The van der Waals surface area contributed by atoms with Crippen LogP contribution in [0, 0.1) is 0 Å². The Hall–Kier alpha value is -5.98. The molecule has 0 aliphatic carbocycles. The largest absolute Gasteiger partial charge is 0.354 e. The number of nitrogens with zero attached hydrogens (tertiary/aromatic N) is 2. The molecule has 0 amide bonds. The minimum atomic E-state index is -0.316. The first-order valence-corrected chi connectivity index (χ1v) is 17.2. The summed E-state index contributed by atoms with van der Waals surface area (Å²) in [5, 5.41) is 8.85.